The summed E-state index contributed by atoms with van der Waals surface area (Å²) in [6, 6.07) is 12.6. The zero-order chi connectivity index (χ0) is 19.9. The van der Waals surface area contributed by atoms with Crippen LogP contribution in [0.15, 0.2) is 47.6 Å². The fourth-order valence-electron chi connectivity index (χ4n) is 2.38. The Morgan fingerprint density at radius 2 is 1.96 bits per heavy atom. The zero-order valence-corrected chi connectivity index (χ0v) is 17.0. The molecule has 0 saturated heterocycles. The topological polar surface area (TPSA) is 73.7 Å². The maximum absolute atomic E-state index is 5.88. The third kappa shape index (κ3) is 4.90. The Morgan fingerprint density at radius 1 is 1.18 bits per heavy atom. The predicted molar refractivity (Wildman–Crippen MR) is 110 cm³/mol. The first-order valence-corrected chi connectivity index (χ1v) is 9.29. The SMILES string of the molecule is CCOc1cc(/C=N\n2c(COc3ccc(Cl)cc3)n[nH]c2=S)ccc1OC. The summed E-state index contributed by atoms with van der Waals surface area (Å²) in [4.78, 5) is 0. The summed E-state index contributed by atoms with van der Waals surface area (Å²) in [5.41, 5.74) is 0.830. The molecular weight excluding hydrogens is 400 g/mol. The standard InChI is InChI=1S/C19H19ClN4O3S/c1-3-26-17-10-13(4-9-16(17)25-2)11-21-24-18(22-23-19(24)28)12-27-15-7-5-14(20)6-8-15/h4-11H,3,12H2,1-2H3,(H,23,28)/b21-11-. The minimum absolute atomic E-state index is 0.193. The Bertz CT molecular complexity index is 1010. The molecule has 0 fully saturated rings. The molecule has 0 aliphatic carbocycles. The van der Waals surface area contributed by atoms with Crippen molar-refractivity contribution in [1.82, 2.24) is 14.9 Å². The minimum atomic E-state index is 0.193. The summed E-state index contributed by atoms with van der Waals surface area (Å²) >= 11 is 11.1. The number of nitrogens with zero attached hydrogens (tertiary/aromatic N) is 3. The summed E-state index contributed by atoms with van der Waals surface area (Å²) in [7, 11) is 1.60. The number of hydrogen-bond acceptors (Lipinski definition) is 6. The van der Waals surface area contributed by atoms with Crippen LogP contribution < -0.4 is 14.2 Å². The van der Waals surface area contributed by atoms with Crippen LogP contribution in [0, 0.1) is 4.77 Å². The lowest BCUT2D eigenvalue weighted by Gasteiger charge is -2.09. The molecule has 0 bridgehead atoms. The van der Waals surface area contributed by atoms with E-state index in [4.69, 9.17) is 38.0 Å². The van der Waals surface area contributed by atoms with Crippen LogP contribution in [0.1, 0.15) is 18.3 Å². The number of aromatic nitrogens is 3. The Labute approximate surface area is 172 Å². The molecule has 1 aromatic heterocycles. The van der Waals surface area contributed by atoms with E-state index in [0.29, 0.717) is 39.5 Å². The van der Waals surface area contributed by atoms with Crippen molar-refractivity contribution < 1.29 is 14.2 Å². The van der Waals surface area contributed by atoms with Crippen LogP contribution in [-0.4, -0.2) is 34.8 Å². The second-order valence-corrected chi connectivity index (χ2v) is 6.41. The highest BCUT2D eigenvalue weighted by molar-refractivity contribution is 7.71. The van der Waals surface area contributed by atoms with Gasteiger partial charge in [0.05, 0.1) is 19.9 Å². The molecule has 28 heavy (non-hydrogen) atoms. The van der Waals surface area contributed by atoms with Gasteiger partial charge in [-0.3, -0.25) is 0 Å². The molecule has 0 aliphatic rings. The molecule has 0 unspecified atom stereocenters. The van der Waals surface area contributed by atoms with Crippen molar-refractivity contribution in [2.24, 2.45) is 5.10 Å². The van der Waals surface area contributed by atoms with Crippen molar-refractivity contribution in [2.75, 3.05) is 13.7 Å². The number of rotatable bonds is 8. The van der Waals surface area contributed by atoms with Crippen molar-refractivity contribution in [1.29, 1.82) is 0 Å². The molecule has 3 rings (SSSR count). The van der Waals surface area contributed by atoms with E-state index < -0.39 is 0 Å². The second-order valence-electron chi connectivity index (χ2n) is 5.59. The van der Waals surface area contributed by atoms with E-state index >= 15 is 0 Å². The maximum atomic E-state index is 5.88. The van der Waals surface area contributed by atoms with Crippen molar-refractivity contribution >= 4 is 30.0 Å². The minimum Gasteiger partial charge on any atom is -0.493 e. The molecule has 0 atom stereocenters. The molecule has 0 radical (unpaired) electrons. The fourth-order valence-corrected chi connectivity index (χ4v) is 2.71. The van der Waals surface area contributed by atoms with Gasteiger partial charge in [0.15, 0.2) is 17.3 Å². The number of hydrogen-bond donors (Lipinski definition) is 1. The van der Waals surface area contributed by atoms with Gasteiger partial charge in [0.2, 0.25) is 4.77 Å². The quantitative estimate of drug-likeness (QED) is 0.431. The first-order chi connectivity index (χ1) is 13.6. The number of halogens is 1. The smallest absolute Gasteiger partial charge is 0.216 e. The Hall–Kier alpha value is -2.84. The van der Waals surface area contributed by atoms with E-state index in [-0.39, 0.29) is 6.61 Å². The monoisotopic (exact) mass is 418 g/mol. The Kier molecular flexibility index (Phi) is 6.67. The molecule has 1 heterocycles. The number of nitrogens with one attached hydrogen (secondary N) is 1. The summed E-state index contributed by atoms with van der Waals surface area (Å²) in [5.74, 6) is 2.52. The predicted octanol–water partition coefficient (Wildman–Crippen LogP) is 4.46. The summed E-state index contributed by atoms with van der Waals surface area (Å²) in [5, 5.41) is 12.0. The lowest BCUT2D eigenvalue weighted by atomic mass is 10.2. The van der Waals surface area contributed by atoms with Crippen LogP contribution in [0.5, 0.6) is 17.2 Å². The molecule has 0 spiro atoms. The van der Waals surface area contributed by atoms with Crippen molar-refractivity contribution in [2.45, 2.75) is 13.5 Å². The molecule has 0 aliphatic heterocycles. The number of aromatic amines is 1. The molecule has 0 saturated carbocycles. The number of ether oxygens (including phenoxy) is 3. The van der Waals surface area contributed by atoms with E-state index in [2.05, 4.69) is 15.3 Å². The molecule has 1 N–H and O–H groups in total. The summed E-state index contributed by atoms with van der Waals surface area (Å²) < 4.78 is 18.5. The van der Waals surface area contributed by atoms with Gasteiger partial charge in [-0.15, -0.1) is 0 Å². The Morgan fingerprint density at radius 3 is 2.68 bits per heavy atom. The van der Waals surface area contributed by atoms with Crippen LogP contribution in [0.4, 0.5) is 0 Å². The van der Waals surface area contributed by atoms with E-state index in [9.17, 15) is 0 Å². The normalized spacial score (nSPS) is 11.0. The van der Waals surface area contributed by atoms with Crippen molar-refractivity contribution in [3.05, 3.63) is 63.6 Å². The average molecular weight is 419 g/mol. The molecule has 7 nitrogen and oxygen atoms in total. The van der Waals surface area contributed by atoms with Gasteiger partial charge in [0, 0.05) is 5.02 Å². The molecule has 0 amide bonds. The fraction of sp³-hybridized carbons (Fsp3) is 0.211. The van der Waals surface area contributed by atoms with Crippen LogP contribution in [0.25, 0.3) is 0 Å². The van der Waals surface area contributed by atoms with Gasteiger partial charge in [0.1, 0.15) is 12.4 Å². The van der Waals surface area contributed by atoms with Crippen LogP contribution in [0.2, 0.25) is 5.02 Å². The molecular formula is C19H19ClN4O3S. The summed E-state index contributed by atoms with van der Waals surface area (Å²) in [6.07, 6.45) is 1.67. The largest absolute Gasteiger partial charge is 0.493 e. The molecule has 146 valence electrons. The van der Waals surface area contributed by atoms with Crippen LogP contribution in [0.3, 0.4) is 0 Å². The second kappa shape index (κ2) is 9.38. The lowest BCUT2D eigenvalue weighted by Crippen LogP contribution is -2.04. The lowest BCUT2D eigenvalue weighted by molar-refractivity contribution is 0.290. The van der Waals surface area contributed by atoms with Gasteiger partial charge in [-0.05, 0) is 67.2 Å². The van der Waals surface area contributed by atoms with E-state index in [1.54, 1.807) is 37.6 Å². The van der Waals surface area contributed by atoms with Crippen LogP contribution >= 0.6 is 23.8 Å². The maximum Gasteiger partial charge on any atom is 0.216 e. The highest BCUT2D eigenvalue weighted by Crippen LogP contribution is 2.27. The van der Waals surface area contributed by atoms with Gasteiger partial charge in [0.25, 0.3) is 0 Å². The van der Waals surface area contributed by atoms with E-state index in [1.165, 1.54) is 4.68 Å². The van der Waals surface area contributed by atoms with E-state index in [1.807, 2.05) is 25.1 Å². The zero-order valence-electron chi connectivity index (χ0n) is 15.4. The molecule has 3 aromatic rings. The van der Waals surface area contributed by atoms with E-state index in [0.717, 1.165) is 5.56 Å². The van der Waals surface area contributed by atoms with Gasteiger partial charge >= 0.3 is 0 Å². The Balaban J connectivity index is 1.77. The number of H-pyrrole nitrogens is 1. The highest BCUT2D eigenvalue weighted by atomic mass is 35.5. The number of benzene rings is 2. The molecule has 2 aromatic carbocycles. The summed E-state index contributed by atoms with van der Waals surface area (Å²) in [6.45, 7) is 2.65. The van der Waals surface area contributed by atoms with Gasteiger partial charge in [-0.2, -0.15) is 14.9 Å². The number of methoxy groups -OCH3 is 1. The van der Waals surface area contributed by atoms with Crippen molar-refractivity contribution in [3.63, 3.8) is 0 Å². The highest BCUT2D eigenvalue weighted by Gasteiger charge is 2.07. The van der Waals surface area contributed by atoms with Crippen molar-refractivity contribution in [3.8, 4) is 17.2 Å². The van der Waals surface area contributed by atoms with Gasteiger partial charge < -0.3 is 14.2 Å². The molecule has 9 heteroatoms. The van der Waals surface area contributed by atoms with Gasteiger partial charge in [-0.25, -0.2) is 5.10 Å². The third-order valence-corrected chi connectivity index (χ3v) is 4.23. The third-order valence-electron chi connectivity index (χ3n) is 3.71. The first-order valence-electron chi connectivity index (χ1n) is 8.50. The average Bonchev–Trinajstić information content (AvgIpc) is 3.06. The van der Waals surface area contributed by atoms with Crippen LogP contribution in [-0.2, 0) is 6.61 Å². The first kappa shape index (κ1) is 19.9. The van der Waals surface area contributed by atoms with Gasteiger partial charge in [-0.1, -0.05) is 11.6 Å².